The highest BCUT2D eigenvalue weighted by Gasteiger charge is 2.24. The number of aromatic nitrogens is 2. The average Bonchev–Trinajstić information content (AvgIpc) is 2.65. The van der Waals surface area contributed by atoms with E-state index in [1.807, 2.05) is 0 Å². The van der Waals surface area contributed by atoms with Crippen molar-refractivity contribution in [2.45, 2.75) is 6.92 Å². The molecule has 0 aliphatic carbocycles. The molecule has 0 spiro atoms. The minimum Gasteiger partial charge on any atom is -0.460 e. The summed E-state index contributed by atoms with van der Waals surface area (Å²) in [5, 5.41) is 11.4. The number of imidazole rings is 1. The number of hydrogen-bond acceptors (Lipinski definition) is 6. The van der Waals surface area contributed by atoms with Crippen LogP contribution >= 0.6 is 11.9 Å². The number of nitrogens with zero attached hydrogens (tertiary/aromatic N) is 3. The molecule has 17 heavy (non-hydrogen) atoms. The SMILES string of the molecule is CCOC(=O)c1nc(OCl)c(C(N)=NO)n1C. The Morgan fingerprint density at radius 3 is 2.82 bits per heavy atom. The first kappa shape index (κ1) is 13.1. The Kier molecular flexibility index (Phi) is 4.16. The van der Waals surface area contributed by atoms with Gasteiger partial charge < -0.3 is 24.5 Å². The fraction of sp³-hybridized carbons (Fsp3) is 0.375. The van der Waals surface area contributed by atoms with Gasteiger partial charge in [-0.2, -0.15) is 4.98 Å². The molecule has 94 valence electrons. The zero-order valence-corrected chi connectivity index (χ0v) is 9.93. The highest BCUT2D eigenvalue weighted by Crippen LogP contribution is 2.20. The zero-order valence-electron chi connectivity index (χ0n) is 9.18. The van der Waals surface area contributed by atoms with Gasteiger partial charge in [0.15, 0.2) is 11.5 Å². The van der Waals surface area contributed by atoms with Crippen LogP contribution in [0.4, 0.5) is 0 Å². The molecular formula is C8H11ClN4O4. The van der Waals surface area contributed by atoms with Crippen molar-refractivity contribution < 1.29 is 19.0 Å². The Bertz CT molecular complexity index is 457. The molecule has 9 heteroatoms. The Labute approximate surface area is 102 Å². The predicted octanol–water partition coefficient (Wildman–Crippen LogP) is 0.224. The van der Waals surface area contributed by atoms with E-state index in [1.54, 1.807) is 6.92 Å². The van der Waals surface area contributed by atoms with Crippen LogP contribution in [0.15, 0.2) is 5.16 Å². The number of ether oxygens (including phenoxy) is 1. The van der Waals surface area contributed by atoms with Gasteiger partial charge in [-0.15, -0.1) is 0 Å². The second-order valence-electron chi connectivity index (χ2n) is 2.93. The van der Waals surface area contributed by atoms with Gasteiger partial charge in [-0.1, -0.05) is 5.16 Å². The Morgan fingerprint density at radius 2 is 2.35 bits per heavy atom. The van der Waals surface area contributed by atoms with Crippen molar-refractivity contribution in [3.8, 4) is 5.88 Å². The first-order valence-electron chi connectivity index (χ1n) is 4.57. The van der Waals surface area contributed by atoms with E-state index in [1.165, 1.54) is 11.6 Å². The Hall–Kier alpha value is -1.96. The first-order chi connectivity index (χ1) is 8.06. The van der Waals surface area contributed by atoms with Gasteiger partial charge in [0.25, 0.3) is 5.88 Å². The van der Waals surface area contributed by atoms with E-state index < -0.39 is 5.97 Å². The number of hydrogen-bond donors (Lipinski definition) is 2. The zero-order chi connectivity index (χ0) is 13.0. The lowest BCUT2D eigenvalue weighted by molar-refractivity contribution is 0.0507. The molecule has 0 aliphatic rings. The standard InChI is InChI=1S/C8H11ClN4O4/c1-3-16-8(14)6-11-7(17-9)4(13(6)2)5(10)12-15/h15H,3H2,1-2H3,(H2,10,12). The molecule has 3 N–H and O–H groups in total. The van der Waals surface area contributed by atoms with Crippen LogP contribution in [-0.2, 0) is 11.8 Å². The number of halogens is 1. The maximum Gasteiger partial charge on any atom is 0.374 e. The van der Waals surface area contributed by atoms with Crippen LogP contribution in [0.3, 0.4) is 0 Å². The third-order valence-corrected chi connectivity index (χ3v) is 2.09. The maximum atomic E-state index is 11.5. The van der Waals surface area contributed by atoms with Crippen molar-refractivity contribution in [2.75, 3.05) is 6.61 Å². The first-order valence-corrected chi connectivity index (χ1v) is 4.87. The smallest absolute Gasteiger partial charge is 0.374 e. The third kappa shape index (κ3) is 2.41. The highest BCUT2D eigenvalue weighted by atomic mass is 35.5. The van der Waals surface area contributed by atoms with Crippen molar-refractivity contribution in [3.63, 3.8) is 0 Å². The largest absolute Gasteiger partial charge is 0.460 e. The van der Waals surface area contributed by atoms with Gasteiger partial charge in [0.05, 0.1) is 6.61 Å². The highest BCUT2D eigenvalue weighted by molar-refractivity contribution is 6.10. The molecule has 0 aromatic carbocycles. The van der Waals surface area contributed by atoms with E-state index >= 15 is 0 Å². The van der Waals surface area contributed by atoms with Gasteiger partial charge in [0.2, 0.25) is 5.82 Å². The molecule has 8 nitrogen and oxygen atoms in total. The molecule has 0 aliphatic heterocycles. The molecule has 0 atom stereocenters. The molecule has 0 saturated heterocycles. The molecule has 1 aromatic heterocycles. The number of esters is 1. The number of nitrogens with two attached hydrogens (primary N) is 1. The maximum absolute atomic E-state index is 11.5. The lowest BCUT2D eigenvalue weighted by Gasteiger charge is -2.03. The predicted molar refractivity (Wildman–Crippen MR) is 58.2 cm³/mol. The number of amidine groups is 1. The fourth-order valence-electron chi connectivity index (χ4n) is 1.23. The molecular weight excluding hydrogens is 252 g/mol. The molecule has 0 radical (unpaired) electrons. The summed E-state index contributed by atoms with van der Waals surface area (Å²) in [7, 11) is 1.48. The quantitative estimate of drug-likeness (QED) is 0.264. The fourth-order valence-corrected chi connectivity index (χ4v) is 1.34. The molecule has 1 aromatic rings. The molecule has 1 heterocycles. The van der Waals surface area contributed by atoms with E-state index in [9.17, 15) is 4.79 Å². The van der Waals surface area contributed by atoms with Crippen molar-refractivity contribution in [3.05, 3.63) is 11.5 Å². The summed E-state index contributed by atoms with van der Waals surface area (Å²) in [4.78, 5) is 15.3. The topological polar surface area (TPSA) is 112 Å². The minimum atomic E-state index is -0.665. The molecule has 0 saturated carbocycles. The monoisotopic (exact) mass is 262 g/mol. The summed E-state index contributed by atoms with van der Waals surface area (Å²) in [6.45, 7) is 1.85. The van der Waals surface area contributed by atoms with Gasteiger partial charge >= 0.3 is 5.97 Å². The van der Waals surface area contributed by atoms with Crippen LogP contribution in [0.25, 0.3) is 0 Å². The van der Waals surface area contributed by atoms with Crippen LogP contribution < -0.4 is 10.0 Å². The number of rotatable bonds is 4. The molecule has 0 bridgehead atoms. The lowest BCUT2D eigenvalue weighted by atomic mass is 10.4. The molecule has 0 fully saturated rings. The number of carbonyl (C=O) groups excluding carboxylic acids is 1. The van der Waals surface area contributed by atoms with E-state index in [4.69, 9.17) is 27.5 Å². The summed E-state index contributed by atoms with van der Waals surface area (Å²) in [6, 6.07) is 0. The second kappa shape index (κ2) is 5.39. The minimum absolute atomic E-state index is 0.0656. The lowest BCUT2D eigenvalue weighted by Crippen LogP contribution is -2.20. The van der Waals surface area contributed by atoms with Crippen molar-refractivity contribution >= 4 is 23.7 Å². The Balaban J connectivity index is 3.28. The summed E-state index contributed by atoms with van der Waals surface area (Å²) < 4.78 is 10.4. The van der Waals surface area contributed by atoms with Crippen LogP contribution in [0.2, 0.25) is 0 Å². The average molecular weight is 263 g/mol. The normalized spacial score (nSPS) is 11.4. The summed E-state index contributed by atoms with van der Waals surface area (Å²) in [5.74, 6) is -1.16. The van der Waals surface area contributed by atoms with Gasteiger partial charge in [-0.3, -0.25) is 0 Å². The van der Waals surface area contributed by atoms with E-state index in [2.05, 4.69) is 14.4 Å². The molecule has 1 rings (SSSR count). The van der Waals surface area contributed by atoms with Gasteiger partial charge in [0, 0.05) is 7.05 Å². The van der Waals surface area contributed by atoms with Gasteiger partial charge in [-0.05, 0) is 6.92 Å². The van der Waals surface area contributed by atoms with Crippen molar-refractivity contribution in [1.29, 1.82) is 0 Å². The summed E-state index contributed by atoms with van der Waals surface area (Å²) >= 11 is 5.18. The van der Waals surface area contributed by atoms with Crippen LogP contribution in [0.1, 0.15) is 23.2 Å². The third-order valence-electron chi connectivity index (χ3n) is 1.94. The van der Waals surface area contributed by atoms with Gasteiger partial charge in [0.1, 0.15) is 11.9 Å². The van der Waals surface area contributed by atoms with Crippen molar-refractivity contribution in [2.24, 2.45) is 17.9 Å². The molecule has 0 amide bonds. The van der Waals surface area contributed by atoms with E-state index in [0.29, 0.717) is 0 Å². The van der Waals surface area contributed by atoms with E-state index in [0.717, 1.165) is 0 Å². The van der Waals surface area contributed by atoms with Crippen LogP contribution in [-0.4, -0.2) is 33.2 Å². The summed E-state index contributed by atoms with van der Waals surface area (Å²) in [5.41, 5.74) is 5.48. The summed E-state index contributed by atoms with van der Waals surface area (Å²) in [6.07, 6.45) is 0. The van der Waals surface area contributed by atoms with Crippen LogP contribution in [0, 0.1) is 0 Å². The Morgan fingerprint density at radius 1 is 1.71 bits per heavy atom. The number of oxime groups is 1. The molecule has 0 unspecified atom stereocenters. The van der Waals surface area contributed by atoms with E-state index in [-0.39, 0.29) is 29.8 Å². The van der Waals surface area contributed by atoms with Crippen LogP contribution in [0.5, 0.6) is 5.88 Å². The second-order valence-corrected chi connectivity index (χ2v) is 3.09. The number of carbonyl (C=O) groups is 1. The van der Waals surface area contributed by atoms with Gasteiger partial charge in [-0.25, -0.2) is 4.79 Å². The van der Waals surface area contributed by atoms with Crippen molar-refractivity contribution in [1.82, 2.24) is 9.55 Å².